The van der Waals surface area contributed by atoms with Gasteiger partial charge in [0.05, 0.1) is 17.4 Å². The Hall–Kier alpha value is -4.18. The van der Waals surface area contributed by atoms with E-state index in [1.165, 1.54) is 11.1 Å². The van der Waals surface area contributed by atoms with Crippen molar-refractivity contribution in [1.29, 1.82) is 0 Å². The number of anilines is 1. The predicted molar refractivity (Wildman–Crippen MR) is 139 cm³/mol. The zero-order chi connectivity index (χ0) is 23.2. The highest BCUT2D eigenvalue weighted by molar-refractivity contribution is 5.78. The van der Waals surface area contributed by atoms with Crippen molar-refractivity contribution < 1.29 is 0 Å². The molecule has 5 aromatic rings. The third-order valence-electron chi connectivity index (χ3n) is 6.04. The van der Waals surface area contributed by atoms with Crippen molar-refractivity contribution >= 4 is 16.9 Å². The van der Waals surface area contributed by atoms with E-state index >= 15 is 0 Å². The van der Waals surface area contributed by atoms with Gasteiger partial charge in [0.15, 0.2) is 0 Å². The summed E-state index contributed by atoms with van der Waals surface area (Å²) in [6.07, 6.45) is 0.863. The molecule has 168 valence electrons. The molecule has 0 bridgehead atoms. The minimum absolute atomic E-state index is 0.0118. The van der Waals surface area contributed by atoms with Crippen molar-refractivity contribution in [2.45, 2.75) is 19.5 Å². The van der Waals surface area contributed by atoms with Gasteiger partial charge in [0.2, 0.25) is 5.95 Å². The lowest BCUT2D eigenvalue weighted by atomic mass is 10.1. The lowest BCUT2D eigenvalue weighted by Gasteiger charge is -2.27. The van der Waals surface area contributed by atoms with Gasteiger partial charge in [-0.3, -0.25) is 9.36 Å². The highest BCUT2D eigenvalue weighted by atomic mass is 16.1. The number of aromatic nitrogens is 2. The molecule has 1 aromatic heterocycles. The molecule has 0 fully saturated rings. The lowest BCUT2D eigenvalue weighted by molar-refractivity contribution is 0.672. The summed E-state index contributed by atoms with van der Waals surface area (Å²) in [5, 5.41) is 0.643. The first-order valence-electron chi connectivity index (χ1n) is 11.6. The van der Waals surface area contributed by atoms with Gasteiger partial charge in [0, 0.05) is 13.1 Å². The van der Waals surface area contributed by atoms with E-state index in [0.29, 0.717) is 24.4 Å². The Morgan fingerprint density at radius 2 is 1.21 bits per heavy atom. The molecular weight excluding hydrogens is 418 g/mol. The summed E-state index contributed by atoms with van der Waals surface area (Å²) in [4.78, 5) is 20.9. The van der Waals surface area contributed by atoms with Crippen LogP contribution in [0.25, 0.3) is 10.9 Å². The number of nitrogens with zero attached hydrogens (tertiary/aromatic N) is 3. The Morgan fingerprint density at radius 1 is 0.647 bits per heavy atom. The molecule has 0 amide bonds. The first-order valence-corrected chi connectivity index (χ1v) is 11.6. The van der Waals surface area contributed by atoms with E-state index in [0.717, 1.165) is 24.0 Å². The van der Waals surface area contributed by atoms with E-state index in [1.54, 1.807) is 0 Å². The fourth-order valence-corrected chi connectivity index (χ4v) is 4.27. The number of benzene rings is 4. The molecule has 4 nitrogen and oxygen atoms in total. The monoisotopic (exact) mass is 445 g/mol. The van der Waals surface area contributed by atoms with Crippen molar-refractivity contribution in [2.24, 2.45) is 0 Å². The number of rotatable bonds is 8. The van der Waals surface area contributed by atoms with E-state index in [2.05, 4.69) is 65.6 Å². The first kappa shape index (κ1) is 21.7. The summed E-state index contributed by atoms with van der Waals surface area (Å²) in [5.74, 6) is 0.701. The molecule has 0 saturated heterocycles. The molecule has 0 saturated carbocycles. The minimum Gasteiger partial charge on any atom is -0.337 e. The van der Waals surface area contributed by atoms with Gasteiger partial charge in [0.25, 0.3) is 5.56 Å². The fourth-order valence-electron chi connectivity index (χ4n) is 4.27. The molecule has 0 aliphatic heterocycles. The Balaban J connectivity index is 1.61. The van der Waals surface area contributed by atoms with Crippen LogP contribution in [0.2, 0.25) is 0 Å². The van der Waals surface area contributed by atoms with Crippen molar-refractivity contribution in [3.05, 3.63) is 142 Å². The summed E-state index contributed by atoms with van der Waals surface area (Å²) in [5.41, 5.74) is 4.24. The standard InChI is InChI=1S/C30H27N3O/c34-29-27-18-10-11-19-28(27)31-30(33(29)23-26-16-8-3-9-17-26)32(22-25-14-6-2-7-15-25)21-20-24-12-4-1-5-13-24/h1-19H,20-23H2. The Labute approximate surface area is 199 Å². The average Bonchev–Trinajstić information content (AvgIpc) is 2.90. The normalized spacial score (nSPS) is 10.9. The quantitative estimate of drug-likeness (QED) is 0.308. The summed E-state index contributed by atoms with van der Waals surface area (Å²) in [7, 11) is 0. The smallest absolute Gasteiger partial charge is 0.263 e. The molecule has 0 atom stereocenters. The fraction of sp³-hybridized carbons (Fsp3) is 0.133. The van der Waals surface area contributed by atoms with Crippen LogP contribution in [0.1, 0.15) is 16.7 Å². The van der Waals surface area contributed by atoms with Crippen LogP contribution in [0, 0.1) is 0 Å². The van der Waals surface area contributed by atoms with Crippen molar-refractivity contribution in [3.8, 4) is 0 Å². The van der Waals surface area contributed by atoms with Crippen LogP contribution < -0.4 is 10.5 Å². The zero-order valence-electron chi connectivity index (χ0n) is 19.0. The third-order valence-corrected chi connectivity index (χ3v) is 6.04. The SMILES string of the molecule is O=c1c2ccccc2nc(N(CCc2ccccc2)Cc2ccccc2)n1Cc1ccccc1. The number of hydrogen-bond acceptors (Lipinski definition) is 3. The Bertz CT molecular complexity index is 1410. The van der Waals surface area contributed by atoms with Gasteiger partial charge in [-0.2, -0.15) is 0 Å². The average molecular weight is 446 g/mol. The maximum absolute atomic E-state index is 13.7. The summed E-state index contributed by atoms with van der Waals surface area (Å²) in [6, 6.07) is 38.6. The van der Waals surface area contributed by atoms with Crippen LogP contribution in [-0.4, -0.2) is 16.1 Å². The molecule has 1 heterocycles. The third kappa shape index (κ3) is 4.91. The summed E-state index contributed by atoms with van der Waals surface area (Å²) >= 11 is 0. The van der Waals surface area contributed by atoms with Crippen LogP contribution in [0.4, 0.5) is 5.95 Å². The molecule has 0 radical (unpaired) electrons. The lowest BCUT2D eigenvalue weighted by Crippen LogP contribution is -2.34. The van der Waals surface area contributed by atoms with Gasteiger partial charge >= 0.3 is 0 Å². The minimum atomic E-state index is -0.0118. The highest BCUT2D eigenvalue weighted by Crippen LogP contribution is 2.20. The van der Waals surface area contributed by atoms with Crippen molar-refractivity contribution in [1.82, 2.24) is 9.55 Å². The summed E-state index contributed by atoms with van der Waals surface area (Å²) < 4.78 is 1.82. The maximum atomic E-state index is 13.7. The van der Waals surface area contributed by atoms with Crippen LogP contribution in [0.15, 0.2) is 120 Å². The molecule has 4 aromatic carbocycles. The number of hydrogen-bond donors (Lipinski definition) is 0. The summed E-state index contributed by atoms with van der Waals surface area (Å²) in [6.45, 7) is 1.90. The number of para-hydroxylation sites is 1. The van der Waals surface area contributed by atoms with Gasteiger partial charge in [-0.25, -0.2) is 4.98 Å². The largest absolute Gasteiger partial charge is 0.337 e. The molecular formula is C30H27N3O. The molecule has 0 spiro atoms. The second kappa shape index (κ2) is 10.2. The predicted octanol–water partition coefficient (Wildman–Crippen LogP) is 5.69. The zero-order valence-corrected chi connectivity index (χ0v) is 19.0. The molecule has 0 aliphatic carbocycles. The molecule has 34 heavy (non-hydrogen) atoms. The maximum Gasteiger partial charge on any atom is 0.263 e. The topological polar surface area (TPSA) is 38.1 Å². The first-order chi connectivity index (χ1) is 16.8. The highest BCUT2D eigenvalue weighted by Gasteiger charge is 2.18. The molecule has 0 unspecified atom stereocenters. The Kier molecular flexibility index (Phi) is 6.48. The van der Waals surface area contributed by atoms with Gasteiger partial charge in [-0.05, 0) is 35.2 Å². The van der Waals surface area contributed by atoms with Crippen LogP contribution in [-0.2, 0) is 19.5 Å². The van der Waals surface area contributed by atoms with Gasteiger partial charge in [0.1, 0.15) is 0 Å². The van der Waals surface area contributed by atoms with Crippen LogP contribution >= 0.6 is 0 Å². The van der Waals surface area contributed by atoms with Crippen LogP contribution in [0.3, 0.4) is 0 Å². The molecule has 0 aliphatic rings. The number of fused-ring (bicyclic) bond motifs is 1. The van der Waals surface area contributed by atoms with E-state index in [1.807, 2.05) is 59.2 Å². The van der Waals surface area contributed by atoms with Gasteiger partial charge in [-0.1, -0.05) is 103 Å². The van der Waals surface area contributed by atoms with Gasteiger partial charge in [-0.15, -0.1) is 0 Å². The molecule has 0 N–H and O–H groups in total. The second-order valence-corrected chi connectivity index (χ2v) is 8.45. The van der Waals surface area contributed by atoms with Crippen LogP contribution in [0.5, 0.6) is 0 Å². The second-order valence-electron chi connectivity index (χ2n) is 8.45. The van der Waals surface area contributed by atoms with E-state index in [4.69, 9.17) is 4.98 Å². The van der Waals surface area contributed by atoms with E-state index in [-0.39, 0.29) is 5.56 Å². The Morgan fingerprint density at radius 3 is 1.88 bits per heavy atom. The van der Waals surface area contributed by atoms with E-state index in [9.17, 15) is 4.79 Å². The molecule has 4 heteroatoms. The molecule has 5 rings (SSSR count). The van der Waals surface area contributed by atoms with Gasteiger partial charge < -0.3 is 4.90 Å². The van der Waals surface area contributed by atoms with Crippen molar-refractivity contribution in [2.75, 3.05) is 11.4 Å². The van der Waals surface area contributed by atoms with E-state index < -0.39 is 0 Å². The van der Waals surface area contributed by atoms with Crippen molar-refractivity contribution in [3.63, 3.8) is 0 Å².